The van der Waals surface area contributed by atoms with E-state index in [1.807, 2.05) is 24.3 Å². The maximum atomic E-state index is 12.4. The van der Waals surface area contributed by atoms with Crippen molar-refractivity contribution in [3.63, 3.8) is 0 Å². The Labute approximate surface area is 159 Å². The van der Waals surface area contributed by atoms with Crippen LogP contribution in [0.15, 0.2) is 57.9 Å². The first-order chi connectivity index (χ1) is 12.5. The van der Waals surface area contributed by atoms with Gasteiger partial charge in [-0.2, -0.15) is 0 Å². The summed E-state index contributed by atoms with van der Waals surface area (Å²) in [6.45, 7) is 1.91. The zero-order valence-corrected chi connectivity index (χ0v) is 15.6. The number of amides is 2. The number of carbonyl (C=O) groups excluding carboxylic acids is 2. The van der Waals surface area contributed by atoms with Gasteiger partial charge in [0.05, 0.1) is 5.56 Å². The minimum atomic E-state index is -0.241. The van der Waals surface area contributed by atoms with Crippen LogP contribution < -0.4 is 5.56 Å². The van der Waals surface area contributed by atoms with Crippen molar-refractivity contribution in [1.82, 2.24) is 14.8 Å². The second kappa shape index (κ2) is 8.14. The molecule has 2 heterocycles. The number of carbonyl (C=O) groups is 2. The van der Waals surface area contributed by atoms with Crippen LogP contribution in [-0.4, -0.2) is 52.8 Å². The lowest BCUT2D eigenvalue weighted by atomic mass is 10.2. The Balaban J connectivity index is 1.55. The van der Waals surface area contributed by atoms with Gasteiger partial charge in [0.2, 0.25) is 11.5 Å². The lowest BCUT2D eigenvalue weighted by Gasteiger charge is -2.34. The van der Waals surface area contributed by atoms with Gasteiger partial charge in [0, 0.05) is 49.0 Å². The molecule has 7 heteroatoms. The second-order valence-corrected chi connectivity index (χ2v) is 6.86. The summed E-state index contributed by atoms with van der Waals surface area (Å²) in [5, 5.41) is 0. The van der Waals surface area contributed by atoms with Gasteiger partial charge < -0.3 is 14.8 Å². The van der Waals surface area contributed by atoms with Crippen LogP contribution in [0, 0.1) is 0 Å². The third kappa shape index (κ3) is 4.49. The van der Waals surface area contributed by atoms with Crippen molar-refractivity contribution in [3.8, 4) is 0 Å². The van der Waals surface area contributed by atoms with E-state index >= 15 is 0 Å². The number of nitrogens with zero attached hydrogens (tertiary/aromatic N) is 2. The first kappa shape index (κ1) is 18.1. The van der Waals surface area contributed by atoms with Crippen molar-refractivity contribution in [2.75, 3.05) is 26.2 Å². The molecule has 6 nitrogen and oxygen atoms in total. The number of hydrogen-bond acceptors (Lipinski definition) is 3. The Morgan fingerprint density at radius 1 is 0.962 bits per heavy atom. The number of pyridine rings is 1. The van der Waals surface area contributed by atoms with E-state index in [4.69, 9.17) is 0 Å². The number of nitrogens with one attached hydrogen (secondary N) is 1. The molecule has 134 valence electrons. The normalized spacial score (nSPS) is 14.7. The SMILES string of the molecule is O=C(/C=C/c1ccc(Br)cc1)N1CCN(C(=O)c2ccc(=O)[nH]c2)CC1. The predicted molar refractivity (Wildman–Crippen MR) is 103 cm³/mol. The van der Waals surface area contributed by atoms with Crippen LogP contribution in [0.4, 0.5) is 0 Å². The summed E-state index contributed by atoms with van der Waals surface area (Å²) in [5.41, 5.74) is 1.16. The Morgan fingerprint density at radius 2 is 1.62 bits per heavy atom. The van der Waals surface area contributed by atoms with Crippen LogP contribution in [0.5, 0.6) is 0 Å². The minimum absolute atomic E-state index is 0.0657. The monoisotopic (exact) mass is 415 g/mol. The van der Waals surface area contributed by atoms with E-state index in [0.29, 0.717) is 31.7 Å². The Morgan fingerprint density at radius 3 is 2.23 bits per heavy atom. The third-order valence-electron chi connectivity index (χ3n) is 4.20. The zero-order valence-electron chi connectivity index (χ0n) is 14.0. The topological polar surface area (TPSA) is 73.5 Å². The molecule has 0 bridgehead atoms. The molecular formula is C19H18BrN3O3. The molecule has 1 N–H and O–H groups in total. The summed E-state index contributed by atoms with van der Waals surface area (Å²) in [6, 6.07) is 10.5. The highest BCUT2D eigenvalue weighted by atomic mass is 79.9. The van der Waals surface area contributed by atoms with Gasteiger partial charge >= 0.3 is 0 Å². The molecule has 2 aromatic rings. The molecule has 1 aromatic heterocycles. The average molecular weight is 416 g/mol. The molecule has 2 amide bonds. The number of benzene rings is 1. The predicted octanol–water partition coefficient (Wildman–Crippen LogP) is 2.14. The quantitative estimate of drug-likeness (QED) is 0.780. The van der Waals surface area contributed by atoms with Crippen LogP contribution in [-0.2, 0) is 4.79 Å². The van der Waals surface area contributed by atoms with Gasteiger partial charge in [-0.3, -0.25) is 14.4 Å². The van der Waals surface area contributed by atoms with E-state index in [1.54, 1.807) is 22.0 Å². The zero-order chi connectivity index (χ0) is 18.5. The van der Waals surface area contributed by atoms with Gasteiger partial charge in [-0.1, -0.05) is 28.1 Å². The van der Waals surface area contributed by atoms with E-state index in [2.05, 4.69) is 20.9 Å². The second-order valence-electron chi connectivity index (χ2n) is 5.94. The van der Waals surface area contributed by atoms with Crippen LogP contribution in [0.3, 0.4) is 0 Å². The number of aromatic nitrogens is 1. The lowest BCUT2D eigenvalue weighted by Crippen LogP contribution is -2.50. The van der Waals surface area contributed by atoms with Gasteiger partial charge in [0.15, 0.2) is 0 Å². The van der Waals surface area contributed by atoms with E-state index < -0.39 is 0 Å². The fraction of sp³-hybridized carbons (Fsp3) is 0.211. The van der Waals surface area contributed by atoms with Gasteiger partial charge in [-0.15, -0.1) is 0 Å². The van der Waals surface area contributed by atoms with Gasteiger partial charge in [-0.25, -0.2) is 0 Å². The van der Waals surface area contributed by atoms with Crippen molar-refractivity contribution in [3.05, 3.63) is 74.6 Å². The third-order valence-corrected chi connectivity index (χ3v) is 4.73. The Kier molecular flexibility index (Phi) is 5.68. The maximum Gasteiger partial charge on any atom is 0.255 e. The first-order valence-corrected chi connectivity index (χ1v) is 9.03. The van der Waals surface area contributed by atoms with Gasteiger partial charge in [0.1, 0.15) is 0 Å². The van der Waals surface area contributed by atoms with E-state index in [9.17, 15) is 14.4 Å². The molecule has 1 aliphatic rings. The summed E-state index contributed by atoms with van der Waals surface area (Å²) in [5.74, 6) is -0.206. The average Bonchev–Trinajstić information content (AvgIpc) is 2.67. The van der Waals surface area contributed by atoms with Gasteiger partial charge in [0.25, 0.3) is 5.91 Å². The fourth-order valence-corrected chi connectivity index (χ4v) is 2.97. The molecule has 1 aromatic carbocycles. The number of aromatic amines is 1. The molecule has 1 fully saturated rings. The highest BCUT2D eigenvalue weighted by Gasteiger charge is 2.23. The van der Waals surface area contributed by atoms with Crippen LogP contribution >= 0.6 is 15.9 Å². The van der Waals surface area contributed by atoms with Crippen LogP contribution in [0.1, 0.15) is 15.9 Å². The Bertz CT molecular complexity index is 861. The standard InChI is InChI=1S/C19H18BrN3O3/c20-16-5-1-14(2-6-16)3-8-18(25)22-9-11-23(12-10-22)19(26)15-4-7-17(24)21-13-15/h1-8,13H,9-12H2,(H,21,24)/b8-3+. The van der Waals surface area contributed by atoms with Crippen molar-refractivity contribution in [2.45, 2.75) is 0 Å². The number of piperazine rings is 1. The molecule has 26 heavy (non-hydrogen) atoms. The highest BCUT2D eigenvalue weighted by Crippen LogP contribution is 2.12. The van der Waals surface area contributed by atoms with E-state index in [-0.39, 0.29) is 17.4 Å². The Hall–Kier alpha value is -2.67. The van der Waals surface area contributed by atoms with Crippen molar-refractivity contribution in [2.24, 2.45) is 0 Å². The van der Waals surface area contributed by atoms with E-state index in [1.165, 1.54) is 18.3 Å². The van der Waals surface area contributed by atoms with Crippen molar-refractivity contribution < 1.29 is 9.59 Å². The smallest absolute Gasteiger partial charge is 0.255 e. The fourth-order valence-electron chi connectivity index (χ4n) is 2.70. The molecule has 0 spiro atoms. The lowest BCUT2D eigenvalue weighted by molar-refractivity contribution is -0.127. The number of hydrogen-bond donors (Lipinski definition) is 1. The molecule has 0 saturated carbocycles. The molecule has 0 radical (unpaired) electrons. The summed E-state index contributed by atoms with van der Waals surface area (Å²) in [4.78, 5) is 41.7. The number of halogens is 1. The van der Waals surface area contributed by atoms with Crippen LogP contribution in [0.2, 0.25) is 0 Å². The first-order valence-electron chi connectivity index (χ1n) is 8.23. The molecule has 3 rings (SSSR count). The molecule has 0 atom stereocenters. The maximum absolute atomic E-state index is 12.4. The molecule has 0 unspecified atom stereocenters. The molecule has 1 aliphatic heterocycles. The summed E-state index contributed by atoms with van der Waals surface area (Å²) in [7, 11) is 0. The van der Waals surface area contributed by atoms with Crippen molar-refractivity contribution in [1.29, 1.82) is 0 Å². The largest absolute Gasteiger partial charge is 0.336 e. The summed E-state index contributed by atoms with van der Waals surface area (Å²) in [6.07, 6.45) is 4.76. The number of H-pyrrole nitrogens is 1. The molecule has 0 aliphatic carbocycles. The highest BCUT2D eigenvalue weighted by molar-refractivity contribution is 9.10. The van der Waals surface area contributed by atoms with Crippen LogP contribution in [0.25, 0.3) is 6.08 Å². The summed E-state index contributed by atoms with van der Waals surface area (Å²) < 4.78 is 0.990. The minimum Gasteiger partial charge on any atom is -0.336 e. The van der Waals surface area contributed by atoms with Gasteiger partial charge in [-0.05, 0) is 29.8 Å². The van der Waals surface area contributed by atoms with E-state index in [0.717, 1.165) is 10.0 Å². The molecule has 1 saturated heterocycles. The number of rotatable bonds is 3. The van der Waals surface area contributed by atoms with Crippen molar-refractivity contribution >= 4 is 33.8 Å². The summed E-state index contributed by atoms with van der Waals surface area (Å²) >= 11 is 3.38. The molecular weight excluding hydrogens is 398 g/mol.